The van der Waals surface area contributed by atoms with Crippen LogP contribution in [0.25, 0.3) is 0 Å². The smallest absolute Gasteiger partial charge is 0.0612 e. The van der Waals surface area contributed by atoms with Crippen LogP contribution in [0.4, 0.5) is 17.1 Å². The quantitative estimate of drug-likeness (QED) is 0.778. The van der Waals surface area contributed by atoms with Gasteiger partial charge in [-0.2, -0.15) is 0 Å². The van der Waals surface area contributed by atoms with Crippen LogP contribution < -0.4 is 11.1 Å². The fourth-order valence-electron chi connectivity index (χ4n) is 1.49. The van der Waals surface area contributed by atoms with Crippen molar-refractivity contribution in [1.82, 2.24) is 0 Å². The maximum Gasteiger partial charge on any atom is 0.0612 e. The molecule has 3 N–H and O–H groups in total. The number of nitrogens with two attached hydrogens (primary N) is 1. The Labute approximate surface area is 110 Å². The summed E-state index contributed by atoms with van der Waals surface area (Å²) in [7, 11) is 0. The molecular formula is C13H12Cl2N2. The summed E-state index contributed by atoms with van der Waals surface area (Å²) in [5.74, 6) is 0. The Balaban J connectivity index is 2.25. The minimum atomic E-state index is 0.531. The summed E-state index contributed by atoms with van der Waals surface area (Å²) in [5, 5.41) is 4.32. The summed E-state index contributed by atoms with van der Waals surface area (Å²) in [6, 6.07) is 11.2. The summed E-state index contributed by atoms with van der Waals surface area (Å²) < 4.78 is 0. The molecule has 0 bridgehead atoms. The predicted octanol–water partition coefficient (Wildman–Crippen LogP) is 4.63. The maximum absolute atomic E-state index is 5.94. The van der Waals surface area contributed by atoms with Crippen LogP contribution >= 0.6 is 23.2 Å². The van der Waals surface area contributed by atoms with E-state index in [9.17, 15) is 0 Å². The highest BCUT2D eigenvalue weighted by molar-refractivity contribution is 6.42. The van der Waals surface area contributed by atoms with Gasteiger partial charge in [0, 0.05) is 17.1 Å². The third-order valence-electron chi connectivity index (χ3n) is 2.48. The zero-order valence-electron chi connectivity index (χ0n) is 9.30. The van der Waals surface area contributed by atoms with Gasteiger partial charge in [-0.1, -0.05) is 23.2 Å². The zero-order valence-corrected chi connectivity index (χ0v) is 10.8. The van der Waals surface area contributed by atoms with Gasteiger partial charge in [-0.25, -0.2) is 0 Å². The fourth-order valence-corrected chi connectivity index (χ4v) is 1.79. The summed E-state index contributed by atoms with van der Waals surface area (Å²) in [6.45, 7) is 1.97. The standard InChI is InChI=1S/C13H12Cl2N2/c1-8-6-9(3-5-13(8)16)17-10-2-4-11(14)12(15)7-10/h2-7,17H,16H2,1H3. The Morgan fingerprint density at radius 1 is 0.941 bits per heavy atom. The largest absolute Gasteiger partial charge is 0.399 e. The number of nitrogens with one attached hydrogen (secondary N) is 1. The molecule has 0 radical (unpaired) electrons. The third-order valence-corrected chi connectivity index (χ3v) is 3.22. The minimum absolute atomic E-state index is 0.531. The summed E-state index contributed by atoms with van der Waals surface area (Å²) in [4.78, 5) is 0. The molecule has 0 amide bonds. The lowest BCUT2D eigenvalue weighted by atomic mass is 10.2. The van der Waals surface area contributed by atoms with Crippen LogP contribution in [0.15, 0.2) is 36.4 Å². The van der Waals surface area contributed by atoms with E-state index in [0.29, 0.717) is 10.0 Å². The second kappa shape index (κ2) is 4.86. The first-order valence-corrected chi connectivity index (χ1v) is 5.90. The molecule has 88 valence electrons. The first kappa shape index (κ1) is 12.1. The van der Waals surface area contributed by atoms with Crippen LogP contribution in [0.1, 0.15) is 5.56 Å². The first-order valence-electron chi connectivity index (χ1n) is 5.14. The average Bonchev–Trinajstić information content (AvgIpc) is 2.29. The van der Waals surface area contributed by atoms with Crippen molar-refractivity contribution < 1.29 is 0 Å². The lowest BCUT2D eigenvalue weighted by molar-refractivity contribution is 1.45. The maximum atomic E-state index is 5.94. The molecule has 0 atom stereocenters. The van der Waals surface area contributed by atoms with Crippen LogP contribution in [-0.4, -0.2) is 0 Å². The number of hydrogen-bond donors (Lipinski definition) is 2. The molecule has 0 aliphatic heterocycles. The highest BCUT2D eigenvalue weighted by Crippen LogP contribution is 2.27. The Morgan fingerprint density at radius 2 is 1.59 bits per heavy atom. The van der Waals surface area contributed by atoms with E-state index in [1.54, 1.807) is 12.1 Å². The van der Waals surface area contributed by atoms with Crippen LogP contribution in [0.3, 0.4) is 0 Å². The summed E-state index contributed by atoms with van der Waals surface area (Å²) in [6.07, 6.45) is 0. The predicted molar refractivity (Wildman–Crippen MR) is 75.3 cm³/mol. The topological polar surface area (TPSA) is 38.0 Å². The Kier molecular flexibility index (Phi) is 3.46. The van der Waals surface area contributed by atoms with Crippen LogP contribution in [-0.2, 0) is 0 Å². The monoisotopic (exact) mass is 266 g/mol. The van der Waals surface area contributed by atoms with Crippen molar-refractivity contribution in [2.45, 2.75) is 6.92 Å². The van der Waals surface area contributed by atoms with Gasteiger partial charge in [0.25, 0.3) is 0 Å². The van der Waals surface area contributed by atoms with E-state index in [4.69, 9.17) is 28.9 Å². The molecule has 0 spiro atoms. The molecule has 0 saturated carbocycles. The van der Waals surface area contributed by atoms with Gasteiger partial charge < -0.3 is 11.1 Å². The van der Waals surface area contributed by atoms with E-state index in [1.165, 1.54) is 0 Å². The number of anilines is 3. The summed E-state index contributed by atoms with van der Waals surface area (Å²) in [5.41, 5.74) is 9.44. The molecular weight excluding hydrogens is 255 g/mol. The number of nitrogen functional groups attached to an aromatic ring is 1. The highest BCUT2D eigenvalue weighted by Gasteiger charge is 2.01. The molecule has 2 aromatic carbocycles. The van der Waals surface area contributed by atoms with Crippen molar-refractivity contribution in [2.24, 2.45) is 0 Å². The molecule has 0 aliphatic rings. The molecule has 2 aromatic rings. The van der Waals surface area contributed by atoms with E-state index < -0.39 is 0 Å². The molecule has 2 rings (SSSR count). The van der Waals surface area contributed by atoms with Gasteiger partial charge in [-0.3, -0.25) is 0 Å². The molecule has 17 heavy (non-hydrogen) atoms. The number of hydrogen-bond acceptors (Lipinski definition) is 2. The van der Waals surface area contributed by atoms with Crippen molar-refractivity contribution >= 4 is 40.3 Å². The number of halogens is 2. The van der Waals surface area contributed by atoms with Gasteiger partial charge in [-0.05, 0) is 48.9 Å². The average molecular weight is 267 g/mol. The van der Waals surface area contributed by atoms with Gasteiger partial charge in [0.05, 0.1) is 10.0 Å². The SMILES string of the molecule is Cc1cc(Nc2ccc(Cl)c(Cl)c2)ccc1N. The van der Waals surface area contributed by atoms with E-state index in [1.807, 2.05) is 31.2 Å². The normalized spacial score (nSPS) is 10.3. The van der Waals surface area contributed by atoms with E-state index in [0.717, 1.165) is 22.6 Å². The molecule has 0 unspecified atom stereocenters. The van der Waals surface area contributed by atoms with Crippen LogP contribution in [0.2, 0.25) is 10.0 Å². The van der Waals surface area contributed by atoms with Gasteiger partial charge in [-0.15, -0.1) is 0 Å². The van der Waals surface area contributed by atoms with Crippen molar-refractivity contribution in [2.75, 3.05) is 11.1 Å². The lowest BCUT2D eigenvalue weighted by Crippen LogP contribution is -1.94. The van der Waals surface area contributed by atoms with Crippen LogP contribution in [0.5, 0.6) is 0 Å². The highest BCUT2D eigenvalue weighted by atomic mass is 35.5. The number of aryl methyl sites for hydroxylation is 1. The van der Waals surface area contributed by atoms with Crippen molar-refractivity contribution in [3.63, 3.8) is 0 Å². The van der Waals surface area contributed by atoms with Gasteiger partial charge >= 0.3 is 0 Å². The molecule has 0 aliphatic carbocycles. The molecule has 0 fully saturated rings. The van der Waals surface area contributed by atoms with Crippen LogP contribution in [0, 0.1) is 6.92 Å². The van der Waals surface area contributed by atoms with Crippen molar-refractivity contribution in [1.29, 1.82) is 0 Å². The molecule has 2 nitrogen and oxygen atoms in total. The Hall–Kier alpha value is -1.38. The van der Waals surface area contributed by atoms with Gasteiger partial charge in [0.2, 0.25) is 0 Å². The molecule has 4 heteroatoms. The van der Waals surface area contributed by atoms with Crippen molar-refractivity contribution in [3.05, 3.63) is 52.0 Å². The van der Waals surface area contributed by atoms with E-state index in [-0.39, 0.29) is 0 Å². The van der Waals surface area contributed by atoms with Gasteiger partial charge in [0.1, 0.15) is 0 Å². The summed E-state index contributed by atoms with van der Waals surface area (Å²) >= 11 is 11.8. The second-order valence-corrected chi connectivity index (χ2v) is 4.64. The van der Waals surface area contributed by atoms with Crippen molar-refractivity contribution in [3.8, 4) is 0 Å². The lowest BCUT2D eigenvalue weighted by Gasteiger charge is -2.09. The second-order valence-electron chi connectivity index (χ2n) is 3.83. The van der Waals surface area contributed by atoms with Gasteiger partial charge in [0.15, 0.2) is 0 Å². The number of rotatable bonds is 2. The third kappa shape index (κ3) is 2.84. The molecule has 0 saturated heterocycles. The minimum Gasteiger partial charge on any atom is -0.399 e. The fraction of sp³-hybridized carbons (Fsp3) is 0.0769. The molecule has 0 heterocycles. The first-order chi connectivity index (χ1) is 8.06. The van der Waals surface area contributed by atoms with E-state index >= 15 is 0 Å². The Bertz CT molecular complexity index is 504. The zero-order chi connectivity index (χ0) is 12.4. The number of benzene rings is 2. The molecule has 0 aromatic heterocycles. The Morgan fingerprint density at radius 3 is 2.24 bits per heavy atom. The van der Waals surface area contributed by atoms with E-state index in [2.05, 4.69) is 5.32 Å².